The van der Waals surface area contributed by atoms with Gasteiger partial charge in [-0.3, -0.25) is 0 Å². The molecule has 0 bridgehead atoms. The highest BCUT2D eigenvalue weighted by Gasteiger charge is 2.02. The summed E-state index contributed by atoms with van der Waals surface area (Å²) >= 11 is 9.89. The molecule has 2 rings (SSSR count). The molecule has 0 saturated heterocycles. The van der Waals surface area contributed by atoms with Crippen LogP contribution in [0.2, 0.25) is 5.02 Å². The molecule has 4 heteroatoms. The number of hydrogen-bond donors (Lipinski definition) is 1. The first-order chi connectivity index (χ1) is 5.66. The Balaban J connectivity index is 2.83. The highest BCUT2D eigenvalue weighted by molar-refractivity contribution is 14.1. The molecule has 0 fully saturated rings. The molecule has 0 aliphatic carbocycles. The Hall–Kier alpha value is -0.000000000000000167. The predicted octanol–water partition coefficient (Wildman–Crippen LogP) is 3.74. The van der Waals surface area contributed by atoms with Crippen LogP contribution in [0.15, 0.2) is 18.2 Å². The number of fused-ring (bicyclic) bond motifs is 1. The molecule has 1 aromatic heterocycles. The van der Waals surface area contributed by atoms with E-state index < -0.39 is 0 Å². The van der Waals surface area contributed by atoms with Gasteiger partial charge in [0.1, 0.15) is 0 Å². The van der Waals surface area contributed by atoms with Gasteiger partial charge in [0.25, 0.3) is 0 Å². The molecule has 0 amide bonds. The maximum absolute atomic E-state index is 5.88. The van der Waals surface area contributed by atoms with Crippen molar-refractivity contribution in [2.24, 2.45) is 0 Å². The molecular formula is C8H5ClINS. The zero-order chi connectivity index (χ0) is 8.72. The molecule has 2 N–H and O–H groups in total. The number of nitrogens with two attached hydrogens (primary N) is 1. The van der Waals surface area contributed by atoms with Gasteiger partial charge in [-0.25, -0.2) is 0 Å². The molecule has 12 heavy (non-hydrogen) atoms. The van der Waals surface area contributed by atoms with E-state index in [4.69, 9.17) is 17.3 Å². The Morgan fingerprint density at radius 2 is 2.08 bits per heavy atom. The van der Waals surface area contributed by atoms with Crippen LogP contribution in [0.5, 0.6) is 0 Å². The van der Waals surface area contributed by atoms with Gasteiger partial charge < -0.3 is 5.73 Å². The molecule has 62 valence electrons. The number of hydrogen-bond acceptors (Lipinski definition) is 2. The van der Waals surface area contributed by atoms with Gasteiger partial charge in [-0.05, 0) is 46.2 Å². The standard InChI is InChI=1S/C8H5ClINS/c9-5-3-7-4(1-6(5)11)2-8(10)12-7/h1-3H,11H2. The van der Waals surface area contributed by atoms with E-state index in [1.54, 1.807) is 11.3 Å². The number of rotatable bonds is 0. The Bertz CT molecular complexity index is 399. The molecular weight excluding hydrogens is 305 g/mol. The third-order valence-corrected chi connectivity index (χ3v) is 3.79. The van der Waals surface area contributed by atoms with E-state index in [1.165, 1.54) is 13.0 Å². The number of nitrogen functional groups attached to an aromatic ring is 1. The molecule has 0 aliphatic rings. The minimum absolute atomic E-state index is 0.640. The maximum atomic E-state index is 5.88. The average Bonchev–Trinajstić information content (AvgIpc) is 2.30. The fraction of sp³-hybridized carbons (Fsp3) is 0. The van der Waals surface area contributed by atoms with Crippen molar-refractivity contribution in [2.45, 2.75) is 0 Å². The molecule has 0 unspecified atom stereocenters. The van der Waals surface area contributed by atoms with Gasteiger partial charge in [-0.15, -0.1) is 11.3 Å². The van der Waals surface area contributed by atoms with Crippen molar-refractivity contribution in [2.75, 3.05) is 5.73 Å². The second-order valence-corrected chi connectivity index (χ2v) is 5.85. The lowest BCUT2D eigenvalue weighted by Gasteiger charge is -1.95. The van der Waals surface area contributed by atoms with Crippen LogP contribution < -0.4 is 5.73 Å². The molecule has 1 aromatic carbocycles. The smallest absolute Gasteiger partial charge is 0.0666 e. The summed E-state index contributed by atoms with van der Waals surface area (Å²) in [5, 5.41) is 1.81. The van der Waals surface area contributed by atoms with Gasteiger partial charge in [-0.1, -0.05) is 11.6 Å². The fourth-order valence-corrected chi connectivity index (χ4v) is 3.13. The molecule has 1 nitrogen and oxygen atoms in total. The molecule has 0 radical (unpaired) electrons. The molecule has 1 heterocycles. The minimum Gasteiger partial charge on any atom is -0.398 e. The number of halogens is 2. The summed E-state index contributed by atoms with van der Waals surface area (Å²) < 4.78 is 2.45. The zero-order valence-electron chi connectivity index (χ0n) is 5.97. The Labute approximate surface area is 92.7 Å². The van der Waals surface area contributed by atoms with Gasteiger partial charge in [-0.2, -0.15) is 0 Å². The lowest BCUT2D eigenvalue weighted by atomic mass is 10.2. The Morgan fingerprint density at radius 1 is 1.33 bits per heavy atom. The molecule has 0 atom stereocenters. The van der Waals surface area contributed by atoms with Crippen LogP contribution in [0, 0.1) is 2.88 Å². The van der Waals surface area contributed by atoms with Crippen LogP contribution >= 0.6 is 45.5 Å². The predicted molar refractivity (Wildman–Crippen MR) is 64.0 cm³/mol. The first-order valence-electron chi connectivity index (χ1n) is 3.31. The van der Waals surface area contributed by atoms with Gasteiger partial charge in [0.2, 0.25) is 0 Å². The normalized spacial score (nSPS) is 10.8. The molecule has 2 aromatic rings. The topological polar surface area (TPSA) is 26.0 Å². The summed E-state index contributed by atoms with van der Waals surface area (Å²) in [6.45, 7) is 0. The van der Waals surface area contributed by atoms with Crippen molar-refractivity contribution in [1.82, 2.24) is 0 Å². The van der Waals surface area contributed by atoms with E-state index in [9.17, 15) is 0 Å². The number of thiophene rings is 1. The van der Waals surface area contributed by atoms with Crippen LogP contribution in [0.3, 0.4) is 0 Å². The van der Waals surface area contributed by atoms with E-state index in [2.05, 4.69) is 28.7 Å². The van der Waals surface area contributed by atoms with Crippen LogP contribution in [0.4, 0.5) is 5.69 Å². The summed E-state index contributed by atoms with van der Waals surface area (Å²) in [6.07, 6.45) is 0. The van der Waals surface area contributed by atoms with E-state index >= 15 is 0 Å². The monoisotopic (exact) mass is 309 g/mol. The van der Waals surface area contributed by atoms with Gasteiger partial charge in [0, 0.05) is 4.70 Å². The van der Waals surface area contributed by atoms with Crippen molar-refractivity contribution in [3.8, 4) is 0 Å². The molecule has 0 spiro atoms. The highest BCUT2D eigenvalue weighted by Crippen LogP contribution is 2.32. The molecule has 0 saturated carbocycles. The van der Waals surface area contributed by atoms with E-state index in [-0.39, 0.29) is 0 Å². The van der Waals surface area contributed by atoms with Crippen LogP contribution in [-0.4, -0.2) is 0 Å². The summed E-state index contributed by atoms with van der Waals surface area (Å²) in [5.41, 5.74) is 6.32. The van der Waals surface area contributed by atoms with Gasteiger partial charge in [0.15, 0.2) is 0 Å². The third kappa shape index (κ3) is 1.41. The first-order valence-corrected chi connectivity index (χ1v) is 5.58. The van der Waals surface area contributed by atoms with Gasteiger partial charge >= 0.3 is 0 Å². The fourth-order valence-electron chi connectivity index (χ4n) is 1.05. The van der Waals surface area contributed by atoms with Crippen molar-refractivity contribution in [3.63, 3.8) is 0 Å². The lowest BCUT2D eigenvalue weighted by molar-refractivity contribution is 1.78. The van der Waals surface area contributed by atoms with E-state index in [0.29, 0.717) is 10.7 Å². The first kappa shape index (κ1) is 8.59. The SMILES string of the molecule is Nc1cc2cc(I)sc2cc1Cl. The average molecular weight is 310 g/mol. The van der Waals surface area contributed by atoms with Gasteiger partial charge in [0.05, 0.1) is 13.6 Å². The quantitative estimate of drug-likeness (QED) is 0.582. The van der Waals surface area contributed by atoms with Crippen LogP contribution in [0.1, 0.15) is 0 Å². The summed E-state index contributed by atoms with van der Waals surface area (Å²) in [6, 6.07) is 5.93. The van der Waals surface area contributed by atoms with Crippen molar-refractivity contribution >= 4 is 61.3 Å². The van der Waals surface area contributed by atoms with E-state index in [0.717, 1.165) is 0 Å². The van der Waals surface area contributed by atoms with Crippen molar-refractivity contribution in [1.29, 1.82) is 0 Å². The summed E-state index contributed by atoms with van der Waals surface area (Å²) in [5.74, 6) is 0. The number of anilines is 1. The second-order valence-electron chi connectivity index (χ2n) is 2.46. The lowest BCUT2D eigenvalue weighted by Crippen LogP contribution is -1.83. The zero-order valence-corrected chi connectivity index (χ0v) is 9.70. The summed E-state index contributed by atoms with van der Waals surface area (Å²) in [4.78, 5) is 0. The largest absolute Gasteiger partial charge is 0.398 e. The second kappa shape index (κ2) is 3.05. The summed E-state index contributed by atoms with van der Waals surface area (Å²) in [7, 11) is 0. The third-order valence-electron chi connectivity index (χ3n) is 1.61. The number of benzene rings is 1. The van der Waals surface area contributed by atoms with Crippen molar-refractivity contribution in [3.05, 3.63) is 26.1 Å². The van der Waals surface area contributed by atoms with Crippen LogP contribution in [0.25, 0.3) is 10.1 Å². The van der Waals surface area contributed by atoms with E-state index in [1.807, 2.05) is 12.1 Å². The molecule has 0 aliphatic heterocycles. The maximum Gasteiger partial charge on any atom is 0.0666 e. The Kier molecular flexibility index (Phi) is 2.18. The minimum atomic E-state index is 0.640. The van der Waals surface area contributed by atoms with Crippen molar-refractivity contribution < 1.29 is 0 Å². The Morgan fingerprint density at radius 3 is 2.83 bits per heavy atom. The van der Waals surface area contributed by atoms with Crippen LogP contribution in [-0.2, 0) is 0 Å². The highest BCUT2D eigenvalue weighted by atomic mass is 127.